The van der Waals surface area contributed by atoms with Gasteiger partial charge in [-0.1, -0.05) is 0 Å². The minimum Gasteiger partial charge on any atom is -0.480 e. The van der Waals surface area contributed by atoms with Crippen LogP contribution in [0.1, 0.15) is 6.92 Å². The number of nitrogens with two attached hydrogens (primary N) is 1. The van der Waals surface area contributed by atoms with Gasteiger partial charge in [-0.2, -0.15) is 0 Å². The third kappa shape index (κ3) is 6.09. The predicted molar refractivity (Wildman–Crippen MR) is 45.0 cm³/mol. The van der Waals surface area contributed by atoms with E-state index < -0.39 is 12.0 Å². The van der Waals surface area contributed by atoms with Crippen LogP contribution >= 0.6 is 0 Å². The van der Waals surface area contributed by atoms with E-state index in [1.165, 1.54) is 0 Å². The summed E-state index contributed by atoms with van der Waals surface area (Å²) in [7, 11) is 0. The van der Waals surface area contributed by atoms with Crippen LogP contribution in [-0.2, 0) is 9.53 Å². The molecule has 5 heteroatoms. The molecule has 12 heavy (non-hydrogen) atoms. The Morgan fingerprint density at radius 2 is 2.42 bits per heavy atom. The third-order valence-electron chi connectivity index (χ3n) is 1.31. The normalized spacial score (nSPS) is 12.8. The van der Waals surface area contributed by atoms with E-state index in [9.17, 15) is 4.79 Å². The molecule has 0 aromatic rings. The molecule has 0 aliphatic rings. The average Bonchev–Trinajstić information content (AvgIpc) is 2.03. The second-order valence-electron chi connectivity index (χ2n) is 2.35. The van der Waals surface area contributed by atoms with Gasteiger partial charge in [0.15, 0.2) is 0 Å². The summed E-state index contributed by atoms with van der Waals surface area (Å²) >= 11 is 0. The van der Waals surface area contributed by atoms with Gasteiger partial charge in [-0.3, -0.25) is 4.79 Å². The largest absolute Gasteiger partial charge is 0.480 e. The van der Waals surface area contributed by atoms with Crippen molar-refractivity contribution in [3.63, 3.8) is 0 Å². The highest BCUT2D eigenvalue weighted by Gasteiger charge is 2.09. The van der Waals surface area contributed by atoms with Crippen molar-refractivity contribution in [2.45, 2.75) is 13.0 Å². The Hall–Kier alpha value is -0.650. The smallest absolute Gasteiger partial charge is 0.321 e. The molecular formula is C7H16N2O3. The Morgan fingerprint density at radius 3 is 2.92 bits per heavy atom. The summed E-state index contributed by atoms with van der Waals surface area (Å²) in [4.78, 5) is 10.2. The van der Waals surface area contributed by atoms with E-state index >= 15 is 0 Å². The second-order valence-corrected chi connectivity index (χ2v) is 2.35. The zero-order chi connectivity index (χ0) is 9.40. The van der Waals surface area contributed by atoms with E-state index in [1.54, 1.807) is 0 Å². The summed E-state index contributed by atoms with van der Waals surface area (Å²) in [6.07, 6.45) is 0. The highest BCUT2D eigenvalue weighted by molar-refractivity contribution is 5.73. The second kappa shape index (κ2) is 7.02. The number of rotatable bonds is 7. The zero-order valence-electron chi connectivity index (χ0n) is 7.25. The van der Waals surface area contributed by atoms with Crippen molar-refractivity contribution in [1.82, 2.24) is 5.32 Å². The fourth-order valence-electron chi connectivity index (χ4n) is 0.634. The minimum absolute atomic E-state index is 0.280. The lowest BCUT2D eigenvalue weighted by Gasteiger charge is -2.07. The summed E-state index contributed by atoms with van der Waals surface area (Å²) in [5, 5.41) is 11.3. The molecule has 0 aromatic heterocycles. The van der Waals surface area contributed by atoms with Gasteiger partial charge in [0.2, 0.25) is 0 Å². The number of carbonyl (C=O) groups is 1. The van der Waals surface area contributed by atoms with Gasteiger partial charge in [-0.15, -0.1) is 0 Å². The van der Waals surface area contributed by atoms with Crippen molar-refractivity contribution >= 4 is 5.97 Å². The van der Waals surface area contributed by atoms with Gasteiger partial charge in [0.25, 0.3) is 0 Å². The van der Waals surface area contributed by atoms with Crippen LogP contribution in [0.2, 0.25) is 0 Å². The van der Waals surface area contributed by atoms with E-state index in [4.69, 9.17) is 15.6 Å². The summed E-state index contributed by atoms with van der Waals surface area (Å²) in [6.45, 7) is 4.08. The first kappa shape index (κ1) is 11.4. The van der Waals surface area contributed by atoms with Crippen LogP contribution in [0.15, 0.2) is 0 Å². The molecular weight excluding hydrogens is 160 g/mol. The lowest BCUT2D eigenvalue weighted by Crippen LogP contribution is -2.41. The van der Waals surface area contributed by atoms with Crippen LogP contribution in [0, 0.1) is 0 Å². The summed E-state index contributed by atoms with van der Waals surface area (Å²) < 4.78 is 5.03. The molecule has 0 bridgehead atoms. The van der Waals surface area contributed by atoms with Crippen LogP contribution in [0.3, 0.4) is 0 Å². The van der Waals surface area contributed by atoms with Gasteiger partial charge in [0.1, 0.15) is 6.04 Å². The molecule has 0 saturated carbocycles. The topological polar surface area (TPSA) is 84.6 Å². The minimum atomic E-state index is -0.987. The molecule has 0 spiro atoms. The molecule has 0 radical (unpaired) electrons. The maximum Gasteiger partial charge on any atom is 0.321 e. The van der Waals surface area contributed by atoms with Gasteiger partial charge < -0.3 is 20.9 Å². The van der Waals surface area contributed by atoms with Gasteiger partial charge >= 0.3 is 5.97 Å². The predicted octanol–water partition coefficient (Wildman–Crippen LogP) is -0.976. The van der Waals surface area contributed by atoms with Crippen molar-refractivity contribution in [2.24, 2.45) is 5.73 Å². The number of ether oxygens (including phenoxy) is 1. The average molecular weight is 176 g/mol. The molecule has 5 nitrogen and oxygen atoms in total. The molecule has 0 aliphatic heterocycles. The Labute approximate surface area is 71.9 Å². The van der Waals surface area contributed by atoms with Crippen LogP contribution in [-0.4, -0.2) is 43.4 Å². The van der Waals surface area contributed by atoms with Gasteiger partial charge in [-0.25, -0.2) is 0 Å². The van der Waals surface area contributed by atoms with E-state index in [1.807, 2.05) is 6.92 Å². The third-order valence-corrected chi connectivity index (χ3v) is 1.31. The van der Waals surface area contributed by atoms with Crippen molar-refractivity contribution in [3.05, 3.63) is 0 Å². The first-order valence-corrected chi connectivity index (χ1v) is 3.95. The Balaban J connectivity index is 3.14. The fourth-order valence-corrected chi connectivity index (χ4v) is 0.634. The highest BCUT2D eigenvalue weighted by Crippen LogP contribution is 1.75. The number of hydrogen-bond donors (Lipinski definition) is 3. The molecule has 0 aliphatic carbocycles. The number of nitrogens with one attached hydrogen (secondary N) is 1. The van der Waals surface area contributed by atoms with Crippen LogP contribution in [0.25, 0.3) is 0 Å². The molecule has 0 fully saturated rings. The van der Waals surface area contributed by atoms with Crippen molar-refractivity contribution < 1.29 is 14.6 Å². The monoisotopic (exact) mass is 176 g/mol. The molecule has 72 valence electrons. The number of aliphatic carboxylic acids is 1. The van der Waals surface area contributed by atoms with Gasteiger partial charge in [0, 0.05) is 19.7 Å². The first-order chi connectivity index (χ1) is 5.68. The van der Waals surface area contributed by atoms with E-state index in [-0.39, 0.29) is 6.54 Å². The Morgan fingerprint density at radius 1 is 1.75 bits per heavy atom. The lowest BCUT2D eigenvalue weighted by atomic mass is 10.3. The van der Waals surface area contributed by atoms with Crippen LogP contribution < -0.4 is 11.1 Å². The first-order valence-electron chi connectivity index (χ1n) is 3.95. The van der Waals surface area contributed by atoms with Gasteiger partial charge in [-0.05, 0) is 6.92 Å². The summed E-state index contributed by atoms with van der Waals surface area (Å²) in [5.41, 5.74) is 5.23. The Bertz CT molecular complexity index is 130. The SMILES string of the molecule is CCOCCNCC(N)C(=O)O. The summed E-state index contributed by atoms with van der Waals surface area (Å²) in [5.74, 6) is -0.987. The van der Waals surface area contributed by atoms with Crippen molar-refractivity contribution in [2.75, 3.05) is 26.3 Å². The lowest BCUT2D eigenvalue weighted by molar-refractivity contribution is -0.138. The maximum absolute atomic E-state index is 10.2. The molecule has 4 N–H and O–H groups in total. The van der Waals surface area contributed by atoms with Crippen molar-refractivity contribution in [1.29, 1.82) is 0 Å². The molecule has 0 aromatic carbocycles. The van der Waals surface area contributed by atoms with E-state index in [0.717, 1.165) is 0 Å². The van der Waals surface area contributed by atoms with E-state index in [0.29, 0.717) is 19.8 Å². The van der Waals surface area contributed by atoms with Gasteiger partial charge in [0.05, 0.1) is 6.61 Å². The fraction of sp³-hybridized carbons (Fsp3) is 0.857. The molecule has 0 amide bonds. The maximum atomic E-state index is 10.2. The number of carboxylic acids is 1. The van der Waals surface area contributed by atoms with E-state index in [2.05, 4.69) is 5.32 Å². The van der Waals surface area contributed by atoms with Crippen LogP contribution in [0.5, 0.6) is 0 Å². The standard InChI is InChI=1S/C7H16N2O3/c1-2-12-4-3-9-5-6(8)7(10)11/h6,9H,2-5,8H2,1H3,(H,10,11). The highest BCUT2D eigenvalue weighted by atomic mass is 16.5. The molecule has 0 rings (SSSR count). The quantitative estimate of drug-likeness (QED) is 0.434. The summed E-state index contributed by atoms with van der Waals surface area (Å²) in [6, 6.07) is -0.827. The number of carboxylic acid groups (broad SMARTS) is 1. The molecule has 0 heterocycles. The molecule has 1 atom stereocenters. The molecule has 0 saturated heterocycles. The zero-order valence-corrected chi connectivity index (χ0v) is 7.25. The number of hydrogen-bond acceptors (Lipinski definition) is 4. The van der Waals surface area contributed by atoms with Crippen molar-refractivity contribution in [3.8, 4) is 0 Å². The Kier molecular flexibility index (Phi) is 6.64. The molecule has 1 unspecified atom stereocenters. The van der Waals surface area contributed by atoms with Crippen LogP contribution in [0.4, 0.5) is 0 Å².